The van der Waals surface area contributed by atoms with Crippen LogP contribution in [0.3, 0.4) is 0 Å². The molecule has 1 N–H and O–H groups in total. The third kappa shape index (κ3) is 6.82. The molecule has 1 amide bonds. The third-order valence-electron chi connectivity index (χ3n) is 5.36. The quantitative estimate of drug-likeness (QED) is 0.443. The van der Waals surface area contributed by atoms with Crippen LogP contribution in [-0.2, 0) is 11.2 Å². The molecular formula is C27H30N2O2. The molecule has 0 radical (unpaired) electrons. The fraction of sp³-hybridized carbons (Fsp3) is 0.259. The van der Waals surface area contributed by atoms with E-state index in [4.69, 9.17) is 4.74 Å². The van der Waals surface area contributed by atoms with Crippen LogP contribution in [0.2, 0.25) is 0 Å². The number of hydrogen-bond donors (Lipinski definition) is 1. The van der Waals surface area contributed by atoms with Gasteiger partial charge < -0.3 is 10.1 Å². The molecule has 0 saturated heterocycles. The van der Waals surface area contributed by atoms with Crippen LogP contribution < -0.4 is 10.1 Å². The van der Waals surface area contributed by atoms with E-state index in [1.807, 2.05) is 36.4 Å². The summed E-state index contributed by atoms with van der Waals surface area (Å²) in [5, 5.41) is 3.01. The van der Waals surface area contributed by atoms with Crippen molar-refractivity contribution in [3.8, 4) is 5.75 Å². The number of benzene rings is 2. The van der Waals surface area contributed by atoms with Crippen LogP contribution in [0.25, 0.3) is 11.1 Å². The average molecular weight is 415 g/mol. The molecular weight excluding hydrogens is 384 g/mol. The van der Waals surface area contributed by atoms with Crippen LogP contribution >= 0.6 is 0 Å². The van der Waals surface area contributed by atoms with Crippen molar-refractivity contribution in [2.24, 2.45) is 0 Å². The molecule has 4 nitrogen and oxygen atoms in total. The van der Waals surface area contributed by atoms with Gasteiger partial charge in [0.25, 0.3) is 0 Å². The monoisotopic (exact) mass is 414 g/mol. The zero-order valence-electron chi connectivity index (χ0n) is 18.3. The number of rotatable bonds is 10. The van der Waals surface area contributed by atoms with Crippen LogP contribution in [0, 0.1) is 0 Å². The Morgan fingerprint density at radius 2 is 1.65 bits per heavy atom. The molecule has 1 heterocycles. The van der Waals surface area contributed by atoms with Crippen molar-refractivity contribution in [3.63, 3.8) is 0 Å². The summed E-state index contributed by atoms with van der Waals surface area (Å²) in [5.41, 5.74) is 5.86. The van der Waals surface area contributed by atoms with Crippen LogP contribution in [0.1, 0.15) is 43.0 Å². The molecule has 0 fully saturated rings. The predicted molar refractivity (Wildman–Crippen MR) is 127 cm³/mol. The first-order valence-corrected chi connectivity index (χ1v) is 10.7. The number of carbonyl (C=O) groups is 1. The van der Waals surface area contributed by atoms with Crippen molar-refractivity contribution in [1.82, 2.24) is 10.3 Å². The van der Waals surface area contributed by atoms with E-state index in [9.17, 15) is 4.79 Å². The first-order chi connectivity index (χ1) is 15.2. The first kappa shape index (κ1) is 22.3. The summed E-state index contributed by atoms with van der Waals surface area (Å²) in [6.07, 6.45) is 4.68. The van der Waals surface area contributed by atoms with Gasteiger partial charge in [-0.15, -0.1) is 0 Å². The number of hydrogen-bond acceptors (Lipinski definition) is 3. The maximum Gasteiger partial charge on any atom is 0.220 e. The SMILES string of the molecule is COc1ccc(/C(C)=C(\CCCC(=O)NCCc2ccccn2)c2ccccc2)cc1. The second kappa shape index (κ2) is 11.7. The van der Waals surface area contributed by atoms with Gasteiger partial charge in [0.15, 0.2) is 0 Å². The number of allylic oxidation sites excluding steroid dienone is 2. The number of nitrogens with zero attached hydrogens (tertiary/aromatic N) is 1. The molecule has 0 aliphatic rings. The van der Waals surface area contributed by atoms with Gasteiger partial charge in [-0.1, -0.05) is 48.5 Å². The van der Waals surface area contributed by atoms with E-state index in [0.29, 0.717) is 13.0 Å². The molecule has 0 saturated carbocycles. The molecule has 3 aromatic rings. The van der Waals surface area contributed by atoms with Crippen LogP contribution in [0.15, 0.2) is 79.0 Å². The number of nitrogens with one attached hydrogen (secondary N) is 1. The molecule has 0 aliphatic heterocycles. The first-order valence-electron chi connectivity index (χ1n) is 10.7. The minimum atomic E-state index is 0.0884. The van der Waals surface area contributed by atoms with Gasteiger partial charge in [-0.2, -0.15) is 0 Å². The second-order valence-electron chi connectivity index (χ2n) is 7.47. The van der Waals surface area contributed by atoms with Gasteiger partial charge >= 0.3 is 0 Å². The lowest BCUT2D eigenvalue weighted by atomic mass is 9.92. The molecule has 0 spiro atoms. The molecule has 160 valence electrons. The molecule has 2 aromatic carbocycles. The van der Waals surface area contributed by atoms with E-state index in [1.165, 1.54) is 22.3 Å². The van der Waals surface area contributed by atoms with Crippen LogP contribution in [0.5, 0.6) is 5.75 Å². The summed E-state index contributed by atoms with van der Waals surface area (Å²) in [7, 11) is 1.68. The van der Waals surface area contributed by atoms with Crippen molar-refractivity contribution in [3.05, 3.63) is 95.8 Å². The van der Waals surface area contributed by atoms with Gasteiger partial charge in [-0.05, 0) is 66.3 Å². The molecule has 0 atom stereocenters. The summed E-state index contributed by atoms with van der Waals surface area (Å²) in [6, 6.07) is 24.4. The fourth-order valence-electron chi connectivity index (χ4n) is 3.59. The average Bonchev–Trinajstić information content (AvgIpc) is 2.83. The zero-order chi connectivity index (χ0) is 21.9. The highest BCUT2D eigenvalue weighted by Gasteiger charge is 2.10. The fourth-order valence-corrected chi connectivity index (χ4v) is 3.59. The van der Waals surface area contributed by atoms with Gasteiger partial charge in [0, 0.05) is 31.3 Å². The van der Waals surface area contributed by atoms with E-state index < -0.39 is 0 Å². The third-order valence-corrected chi connectivity index (χ3v) is 5.36. The Morgan fingerprint density at radius 3 is 2.32 bits per heavy atom. The summed E-state index contributed by atoms with van der Waals surface area (Å²) >= 11 is 0. The minimum absolute atomic E-state index is 0.0884. The van der Waals surface area contributed by atoms with E-state index in [-0.39, 0.29) is 5.91 Å². The standard InChI is InChI=1S/C27H30N2O2/c1-21(22-14-16-25(31-2)17-15-22)26(23-9-4-3-5-10-23)12-8-13-27(30)29-20-18-24-11-6-7-19-28-24/h3-7,9-11,14-17,19H,8,12-13,18,20H2,1-2H3,(H,29,30)/b26-21+. The number of aromatic nitrogens is 1. The lowest BCUT2D eigenvalue weighted by molar-refractivity contribution is -0.121. The van der Waals surface area contributed by atoms with Crippen molar-refractivity contribution in [1.29, 1.82) is 0 Å². The van der Waals surface area contributed by atoms with Crippen molar-refractivity contribution in [2.45, 2.75) is 32.6 Å². The predicted octanol–water partition coefficient (Wildman–Crippen LogP) is 5.55. The summed E-state index contributed by atoms with van der Waals surface area (Å²) in [6.45, 7) is 2.76. The number of pyridine rings is 1. The normalized spacial score (nSPS) is 11.5. The molecule has 4 heteroatoms. The van der Waals surface area contributed by atoms with E-state index in [0.717, 1.165) is 30.7 Å². The summed E-state index contributed by atoms with van der Waals surface area (Å²) in [4.78, 5) is 16.6. The molecule has 0 aliphatic carbocycles. The van der Waals surface area contributed by atoms with Gasteiger partial charge in [-0.25, -0.2) is 0 Å². The Hall–Kier alpha value is -3.40. The van der Waals surface area contributed by atoms with Crippen LogP contribution in [0.4, 0.5) is 0 Å². The summed E-state index contributed by atoms with van der Waals surface area (Å²) < 4.78 is 5.28. The van der Waals surface area contributed by atoms with Crippen molar-refractivity contribution >= 4 is 17.1 Å². The second-order valence-corrected chi connectivity index (χ2v) is 7.47. The van der Waals surface area contributed by atoms with Crippen LogP contribution in [-0.4, -0.2) is 24.5 Å². The lowest BCUT2D eigenvalue weighted by Crippen LogP contribution is -2.25. The summed E-state index contributed by atoms with van der Waals surface area (Å²) in [5.74, 6) is 0.936. The lowest BCUT2D eigenvalue weighted by Gasteiger charge is -2.14. The largest absolute Gasteiger partial charge is 0.497 e. The number of amides is 1. The topological polar surface area (TPSA) is 51.2 Å². The highest BCUT2D eigenvalue weighted by Crippen LogP contribution is 2.31. The number of ether oxygens (including phenoxy) is 1. The number of methoxy groups -OCH3 is 1. The van der Waals surface area contributed by atoms with Gasteiger partial charge in [0.1, 0.15) is 5.75 Å². The maximum absolute atomic E-state index is 12.3. The van der Waals surface area contributed by atoms with E-state index >= 15 is 0 Å². The molecule has 31 heavy (non-hydrogen) atoms. The molecule has 3 rings (SSSR count). The van der Waals surface area contributed by atoms with Gasteiger partial charge in [0.05, 0.1) is 7.11 Å². The molecule has 1 aromatic heterocycles. The Kier molecular flexibility index (Phi) is 8.41. The Balaban J connectivity index is 1.60. The molecule has 0 unspecified atom stereocenters. The van der Waals surface area contributed by atoms with Gasteiger partial charge in [-0.3, -0.25) is 9.78 Å². The number of carbonyl (C=O) groups excluding carboxylic acids is 1. The smallest absolute Gasteiger partial charge is 0.220 e. The zero-order valence-corrected chi connectivity index (χ0v) is 18.3. The van der Waals surface area contributed by atoms with E-state index in [2.05, 4.69) is 53.6 Å². The Morgan fingerprint density at radius 1 is 0.903 bits per heavy atom. The molecule has 0 bridgehead atoms. The Bertz CT molecular complexity index is 981. The highest BCUT2D eigenvalue weighted by atomic mass is 16.5. The minimum Gasteiger partial charge on any atom is -0.497 e. The van der Waals surface area contributed by atoms with Gasteiger partial charge in [0.2, 0.25) is 5.91 Å². The van der Waals surface area contributed by atoms with Crippen molar-refractivity contribution in [2.75, 3.05) is 13.7 Å². The highest BCUT2D eigenvalue weighted by molar-refractivity contribution is 5.90. The Labute approximate surface area is 185 Å². The van der Waals surface area contributed by atoms with E-state index in [1.54, 1.807) is 13.3 Å². The van der Waals surface area contributed by atoms with Crippen molar-refractivity contribution < 1.29 is 9.53 Å². The maximum atomic E-state index is 12.3.